The number of pyridine rings is 1. The van der Waals surface area contributed by atoms with Crippen LogP contribution in [0.5, 0.6) is 0 Å². The van der Waals surface area contributed by atoms with Crippen LogP contribution in [0.4, 0.5) is 8.78 Å². The van der Waals surface area contributed by atoms with Crippen molar-refractivity contribution in [2.24, 2.45) is 17.6 Å². The maximum atomic E-state index is 13.4. The molecule has 1 aliphatic heterocycles. The van der Waals surface area contributed by atoms with Crippen molar-refractivity contribution < 1.29 is 18.4 Å². The number of alkyl halides is 2. The lowest BCUT2D eigenvalue weighted by molar-refractivity contribution is -0.113. The molecule has 0 bridgehead atoms. The molecule has 2 amide bonds. The number of nitrogens with one attached hydrogen (secondary N) is 1. The molecule has 214 valence electrons. The van der Waals surface area contributed by atoms with Crippen LogP contribution in [0, 0.1) is 11.8 Å². The van der Waals surface area contributed by atoms with Crippen LogP contribution in [0.3, 0.4) is 0 Å². The number of hydrogen-bond donors (Lipinski definition) is 2. The molecule has 0 spiro atoms. The average Bonchev–Trinajstić information content (AvgIpc) is 3.56. The fraction of sp³-hybridized carbons (Fsp3) is 0.464. The van der Waals surface area contributed by atoms with Crippen molar-refractivity contribution in [2.45, 2.75) is 57.9 Å². The summed E-state index contributed by atoms with van der Waals surface area (Å²) in [4.78, 5) is 48.0. The van der Waals surface area contributed by atoms with E-state index in [-0.39, 0.29) is 23.2 Å². The number of fused-ring (bicyclic) bond motifs is 1. The van der Waals surface area contributed by atoms with Crippen molar-refractivity contribution in [3.63, 3.8) is 0 Å². The van der Waals surface area contributed by atoms with Gasteiger partial charge in [0.15, 0.2) is 11.5 Å². The number of primary amides is 1. The van der Waals surface area contributed by atoms with E-state index in [1.165, 1.54) is 18.5 Å². The molecule has 1 saturated heterocycles. The quantitative estimate of drug-likeness (QED) is 0.348. The van der Waals surface area contributed by atoms with Crippen molar-refractivity contribution in [3.05, 3.63) is 53.5 Å². The lowest BCUT2D eigenvalue weighted by Crippen LogP contribution is -2.58. The van der Waals surface area contributed by atoms with E-state index in [2.05, 4.69) is 32.0 Å². The van der Waals surface area contributed by atoms with Crippen molar-refractivity contribution in [1.82, 2.24) is 39.6 Å². The number of H-pyrrole nitrogens is 1. The zero-order chi connectivity index (χ0) is 28.9. The second-order valence-electron chi connectivity index (χ2n) is 11.1. The summed E-state index contributed by atoms with van der Waals surface area (Å²) in [6.07, 6.45) is 10.2. The second-order valence-corrected chi connectivity index (χ2v) is 11.1. The topological polar surface area (TPSA) is 149 Å². The van der Waals surface area contributed by atoms with Crippen LogP contribution in [0.1, 0.15) is 77.7 Å². The number of aromatic amines is 1. The number of carbonyl (C=O) groups excluding carboxylic acids is 2. The zero-order valence-corrected chi connectivity index (χ0v) is 22.8. The molecule has 1 aliphatic carbocycles. The monoisotopic (exact) mass is 563 g/mol. The first-order chi connectivity index (χ1) is 19.6. The molecule has 0 aromatic carbocycles. The number of amides is 2. The van der Waals surface area contributed by atoms with Gasteiger partial charge in [-0.15, -0.1) is 0 Å². The molecule has 1 atom stereocenters. The standard InChI is InChI=1S/C28H31F2N9O2/c1-3-39-22(23(31)40)19(11-34-39)21(16-6-4-15(2)5-7-16)26-35-20-12-33-24(36-25(20)37-26)18-10-32-9-8-17(18)27(41)38-13-28(29,30)14-38/h8-12,15-16,21H,3-7,13-14H2,1-2H3,(H2,31,40)(H,33,35,36,37)/t15?,16?,21-/m0/s1. The molecular weight excluding hydrogens is 532 g/mol. The zero-order valence-electron chi connectivity index (χ0n) is 22.8. The van der Waals surface area contributed by atoms with Gasteiger partial charge in [0.1, 0.15) is 17.0 Å². The van der Waals surface area contributed by atoms with E-state index in [1.54, 1.807) is 17.1 Å². The fourth-order valence-electron chi connectivity index (χ4n) is 6.07. The minimum absolute atomic E-state index is 0.192. The number of nitrogens with two attached hydrogens (primary N) is 1. The molecule has 0 unspecified atom stereocenters. The number of aryl methyl sites for hydroxylation is 1. The van der Waals surface area contributed by atoms with E-state index in [0.29, 0.717) is 40.7 Å². The Morgan fingerprint density at radius 1 is 1.15 bits per heavy atom. The van der Waals surface area contributed by atoms with E-state index in [9.17, 15) is 18.4 Å². The molecule has 6 rings (SSSR count). The van der Waals surface area contributed by atoms with Crippen molar-refractivity contribution >= 4 is 23.0 Å². The normalized spacial score (nSPS) is 21.0. The summed E-state index contributed by atoms with van der Waals surface area (Å²) in [6.45, 7) is 3.41. The van der Waals surface area contributed by atoms with Crippen LogP contribution in [0.25, 0.3) is 22.6 Å². The predicted molar refractivity (Wildman–Crippen MR) is 145 cm³/mol. The fourth-order valence-corrected chi connectivity index (χ4v) is 6.07. The summed E-state index contributed by atoms with van der Waals surface area (Å²) in [5.74, 6) is -2.52. The number of hydrogen-bond acceptors (Lipinski definition) is 7. The maximum absolute atomic E-state index is 13.4. The van der Waals surface area contributed by atoms with E-state index in [1.807, 2.05) is 6.92 Å². The SMILES string of the molecule is CCn1ncc([C@@H](c2nc3nc(-c4cnccc4C(=O)N4CC(F)(F)C4)ncc3[nH]2)C2CCC(C)CC2)c1C(N)=O. The van der Waals surface area contributed by atoms with Gasteiger partial charge < -0.3 is 15.6 Å². The van der Waals surface area contributed by atoms with E-state index >= 15 is 0 Å². The predicted octanol–water partition coefficient (Wildman–Crippen LogP) is 3.78. The summed E-state index contributed by atoms with van der Waals surface area (Å²) < 4.78 is 28.5. The first kappa shape index (κ1) is 26.9. The van der Waals surface area contributed by atoms with Gasteiger partial charge in [-0.2, -0.15) is 5.10 Å². The van der Waals surface area contributed by atoms with Gasteiger partial charge >= 0.3 is 0 Å². The first-order valence-electron chi connectivity index (χ1n) is 13.8. The molecule has 4 aromatic rings. The Bertz CT molecular complexity index is 1620. The van der Waals surface area contributed by atoms with Crippen LogP contribution in [0.15, 0.2) is 30.9 Å². The molecule has 2 aliphatic rings. The molecule has 2 fully saturated rings. The second kappa shape index (κ2) is 10.3. The van der Waals surface area contributed by atoms with E-state index < -0.39 is 30.8 Å². The molecule has 5 heterocycles. The smallest absolute Gasteiger partial charge is 0.282 e. The highest BCUT2D eigenvalue weighted by Crippen LogP contribution is 2.42. The van der Waals surface area contributed by atoms with Gasteiger partial charge in [0.05, 0.1) is 36.6 Å². The highest BCUT2D eigenvalue weighted by molar-refractivity contribution is 6.00. The molecule has 3 N–H and O–H groups in total. The Labute approximate surface area is 234 Å². The number of halogens is 2. The Morgan fingerprint density at radius 2 is 1.90 bits per heavy atom. The largest absolute Gasteiger partial charge is 0.364 e. The van der Waals surface area contributed by atoms with Crippen LogP contribution in [-0.2, 0) is 6.54 Å². The number of aromatic nitrogens is 7. The lowest BCUT2D eigenvalue weighted by Gasteiger charge is -2.38. The van der Waals surface area contributed by atoms with Gasteiger partial charge in [-0.3, -0.25) is 19.3 Å². The minimum atomic E-state index is -2.88. The summed E-state index contributed by atoms with van der Waals surface area (Å²) >= 11 is 0. The third-order valence-corrected chi connectivity index (χ3v) is 8.24. The number of imidazole rings is 1. The number of rotatable bonds is 7. The molecule has 11 nitrogen and oxygen atoms in total. The van der Waals surface area contributed by atoms with Crippen molar-refractivity contribution in [3.8, 4) is 11.4 Å². The van der Waals surface area contributed by atoms with Gasteiger partial charge in [0.2, 0.25) is 0 Å². The third-order valence-electron chi connectivity index (χ3n) is 8.24. The average molecular weight is 564 g/mol. The Morgan fingerprint density at radius 3 is 2.59 bits per heavy atom. The number of nitrogens with zero attached hydrogens (tertiary/aromatic N) is 7. The molecule has 41 heavy (non-hydrogen) atoms. The Balaban J connectivity index is 1.39. The summed E-state index contributed by atoms with van der Waals surface area (Å²) in [5, 5.41) is 4.44. The van der Waals surface area contributed by atoms with Crippen molar-refractivity contribution in [2.75, 3.05) is 13.1 Å². The molecule has 13 heteroatoms. The first-order valence-corrected chi connectivity index (χ1v) is 13.8. The molecule has 0 radical (unpaired) electrons. The van der Waals surface area contributed by atoms with Gasteiger partial charge in [-0.05, 0) is 37.7 Å². The van der Waals surface area contributed by atoms with Crippen LogP contribution in [-0.4, -0.2) is 70.4 Å². The number of likely N-dealkylation sites (tertiary alicyclic amines) is 1. The van der Waals surface area contributed by atoms with Crippen molar-refractivity contribution in [1.29, 1.82) is 0 Å². The van der Waals surface area contributed by atoms with Gasteiger partial charge in [-0.1, -0.05) is 19.8 Å². The van der Waals surface area contributed by atoms with Gasteiger partial charge in [0, 0.05) is 30.4 Å². The summed E-state index contributed by atoms with van der Waals surface area (Å²) in [7, 11) is 0. The summed E-state index contributed by atoms with van der Waals surface area (Å²) in [5.41, 5.74) is 8.41. The Hall–Kier alpha value is -4.29. The van der Waals surface area contributed by atoms with Crippen LogP contribution in [0.2, 0.25) is 0 Å². The third kappa shape index (κ3) is 4.93. The molecule has 1 saturated carbocycles. The molecular formula is C28H31F2N9O2. The number of carbonyl (C=O) groups is 2. The highest BCUT2D eigenvalue weighted by atomic mass is 19.3. The van der Waals surface area contributed by atoms with Gasteiger partial charge in [0.25, 0.3) is 17.7 Å². The lowest BCUT2D eigenvalue weighted by atomic mass is 9.73. The minimum Gasteiger partial charge on any atom is -0.364 e. The van der Waals surface area contributed by atoms with E-state index in [0.717, 1.165) is 36.1 Å². The summed E-state index contributed by atoms with van der Waals surface area (Å²) in [6, 6.07) is 1.48. The Kier molecular flexibility index (Phi) is 6.74. The highest BCUT2D eigenvalue weighted by Gasteiger charge is 2.46. The van der Waals surface area contributed by atoms with Crippen LogP contribution < -0.4 is 5.73 Å². The molecule has 4 aromatic heterocycles. The van der Waals surface area contributed by atoms with E-state index in [4.69, 9.17) is 10.7 Å². The maximum Gasteiger partial charge on any atom is 0.282 e. The van der Waals surface area contributed by atoms with Gasteiger partial charge in [-0.25, -0.2) is 23.7 Å². The van der Waals surface area contributed by atoms with Crippen LogP contribution >= 0.6 is 0 Å².